The zero-order valence-electron chi connectivity index (χ0n) is 9.58. The van der Waals surface area contributed by atoms with Crippen molar-refractivity contribution in [1.29, 1.82) is 0 Å². The topological polar surface area (TPSA) is 86.9 Å². The second kappa shape index (κ2) is 4.97. The molecule has 0 aliphatic heterocycles. The lowest BCUT2D eigenvalue weighted by atomic mass is 10.1. The van der Waals surface area contributed by atoms with Crippen molar-refractivity contribution in [3.8, 4) is 0 Å². The van der Waals surface area contributed by atoms with Gasteiger partial charge in [0.05, 0.1) is 17.8 Å². The van der Waals surface area contributed by atoms with Crippen molar-refractivity contribution < 1.29 is 9.18 Å². The van der Waals surface area contributed by atoms with Crippen LogP contribution in [0.25, 0.3) is 0 Å². The molecule has 0 saturated carbocycles. The van der Waals surface area contributed by atoms with Gasteiger partial charge in [0.2, 0.25) is 0 Å². The van der Waals surface area contributed by atoms with Gasteiger partial charge in [-0.3, -0.25) is 9.48 Å². The fraction of sp³-hybridized carbons (Fsp3) is 0.167. The summed E-state index contributed by atoms with van der Waals surface area (Å²) in [4.78, 5) is 11.0. The molecule has 0 aliphatic carbocycles. The number of hydrogen-bond acceptors (Lipinski definition) is 3. The quantitative estimate of drug-likeness (QED) is 0.833. The first-order valence-electron chi connectivity index (χ1n) is 5.41. The molecule has 1 amide bonds. The van der Waals surface area contributed by atoms with E-state index in [0.717, 1.165) is 0 Å². The molecule has 18 heavy (non-hydrogen) atoms. The van der Waals surface area contributed by atoms with E-state index in [9.17, 15) is 9.18 Å². The Kier molecular flexibility index (Phi) is 3.38. The van der Waals surface area contributed by atoms with E-state index in [2.05, 4.69) is 5.10 Å². The van der Waals surface area contributed by atoms with Crippen molar-refractivity contribution in [3.05, 3.63) is 53.6 Å². The van der Waals surface area contributed by atoms with Gasteiger partial charge in [-0.25, -0.2) is 4.39 Å². The van der Waals surface area contributed by atoms with Crippen molar-refractivity contribution in [2.24, 2.45) is 11.5 Å². The minimum Gasteiger partial charge on any atom is -0.366 e. The predicted octanol–water partition coefficient (Wildman–Crippen LogP) is 0.669. The predicted molar refractivity (Wildman–Crippen MR) is 64.3 cm³/mol. The van der Waals surface area contributed by atoms with Crippen LogP contribution in [-0.4, -0.2) is 22.2 Å². The van der Waals surface area contributed by atoms with Gasteiger partial charge in [-0.2, -0.15) is 5.10 Å². The van der Waals surface area contributed by atoms with E-state index >= 15 is 0 Å². The molecule has 0 fully saturated rings. The van der Waals surface area contributed by atoms with E-state index < -0.39 is 5.91 Å². The summed E-state index contributed by atoms with van der Waals surface area (Å²) < 4.78 is 14.7. The fourth-order valence-electron chi connectivity index (χ4n) is 1.75. The number of nitrogens with zero attached hydrogens (tertiary/aromatic N) is 2. The highest BCUT2D eigenvalue weighted by Crippen LogP contribution is 2.17. The number of primary amides is 1. The maximum atomic E-state index is 13.2. The third-order valence-electron chi connectivity index (χ3n) is 2.66. The summed E-state index contributed by atoms with van der Waals surface area (Å²) in [5.41, 5.74) is 11.8. The molecule has 1 heterocycles. The van der Waals surface area contributed by atoms with Crippen LogP contribution in [-0.2, 0) is 0 Å². The number of rotatable bonds is 4. The minimum atomic E-state index is -0.559. The van der Waals surface area contributed by atoms with Crippen molar-refractivity contribution in [2.45, 2.75) is 6.04 Å². The van der Waals surface area contributed by atoms with Crippen LogP contribution in [0.2, 0.25) is 0 Å². The van der Waals surface area contributed by atoms with Gasteiger partial charge in [0.25, 0.3) is 5.91 Å². The monoisotopic (exact) mass is 248 g/mol. The van der Waals surface area contributed by atoms with Gasteiger partial charge in [-0.1, -0.05) is 12.1 Å². The van der Waals surface area contributed by atoms with E-state index in [0.29, 0.717) is 11.1 Å². The molecule has 0 aliphatic rings. The minimum absolute atomic E-state index is 0.239. The SMILES string of the molecule is NCC(c1cccc(F)c1)n1cc(C(N)=O)cn1. The highest BCUT2D eigenvalue weighted by molar-refractivity contribution is 5.92. The van der Waals surface area contributed by atoms with Crippen molar-refractivity contribution >= 4 is 5.91 Å². The summed E-state index contributed by atoms with van der Waals surface area (Å²) in [6.45, 7) is 0.239. The molecule has 0 saturated heterocycles. The Bertz CT molecular complexity index is 567. The Balaban J connectivity index is 2.35. The maximum absolute atomic E-state index is 13.2. The second-order valence-electron chi connectivity index (χ2n) is 3.88. The molecule has 94 valence electrons. The Morgan fingerprint density at radius 3 is 2.83 bits per heavy atom. The van der Waals surface area contributed by atoms with Crippen LogP contribution in [0.5, 0.6) is 0 Å². The molecule has 5 nitrogen and oxygen atoms in total. The molecular formula is C12H13FN4O. The highest BCUT2D eigenvalue weighted by Gasteiger charge is 2.15. The average Bonchev–Trinajstić information content (AvgIpc) is 2.80. The fourth-order valence-corrected chi connectivity index (χ4v) is 1.75. The molecule has 1 aromatic heterocycles. The molecule has 1 unspecified atom stereocenters. The molecule has 6 heteroatoms. The van der Waals surface area contributed by atoms with E-state index in [-0.39, 0.29) is 18.4 Å². The number of aromatic nitrogens is 2. The molecule has 4 N–H and O–H groups in total. The summed E-state index contributed by atoms with van der Waals surface area (Å²) in [6, 6.07) is 5.78. The maximum Gasteiger partial charge on any atom is 0.251 e. The number of hydrogen-bond donors (Lipinski definition) is 2. The largest absolute Gasteiger partial charge is 0.366 e. The molecule has 0 bridgehead atoms. The molecule has 2 aromatic rings. The Hall–Kier alpha value is -2.21. The molecule has 1 atom stereocenters. The molecule has 0 spiro atoms. The second-order valence-corrected chi connectivity index (χ2v) is 3.88. The first-order valence-corrected chi connectivity index (χ1v) is 5.41. The smallest absolute Gasteiger partial charge is 0.251 e. The first-order chi connectivity index (χ1) is 8.61. The van der Waals surface area contributed by atoms with E-state index in [4.69, 9.17) is 11.5 Å². The Morgan fingerprint density at radius 2 is 2.28 bits per heavy atom. The number of benzene rings is 1. The van der Waals surface area contributed by atoms with Gasteiger partial charge in [-0.15, -0.1) is 0 Å². The van der Waals surface area contributed by atoms with Gasteiger partial charge in [0, 0.05) is 12.7 Å². The number of halogens is 1. The first kappa shape index (κ1) is 12.3. The van der Waals surface area contributed by atoms with Crippen molar-refractivity contribution in [3.63, 3.8) is 0 Å². The van der Waals surface area contributed by atoms with Crippen LogP contribution in [0.15, 0.2) is 36.7 Å². The summed E-state index contributed by atoms with van der Waals surface area (Å²) in [7, 11) is 0. The molecule has 0 radical (unpaired) electrons. The normalized spacial score (nSPS) is 12.3. The highest BCUT2D eigenvalue weighted by atomic mass is 19.1. The number of amides is 1. The van der Waals surface area contributed by atoms with Gasteiger partial charge in [-0.05, 0) is 17.7 Å². The zero-order chi connectivity index (χ0) is 13.1. The van der Waals surface area contributed by atoms with E-state index in [1.54, 1.807) is 12.1 Å². The number of nitrogens with two attached hydrogens (primary N) is 2. The van der Waals surface area contributed by atoms with Gasteiger partial charge in [0.1, 0.15) is 5.82 Å². The lowest BCUT2D eigenvalue weighted by molar-refractivity contribution is 0.1000. The summed E-state index contributed by atoms with van der Waals surface area (Å²) in [5, 5.41) is 4.03. The van der Waals surface area contributed by atoms with Crippen molar-refractivity contribution in [1.82, 2.24) is 9.78 Å². The number of carbonyl (C=O) groups excluding carboxylic acids is 1. The zero-order valence-corrected chi connectivity index (χ0v) is 9.58. The Morgan fingerprint density at radius 1 is 1.50 bits per heavy atom. The van der Waals surface area contributed by atoms with Gasteiger partial charge in [0.15, 0.2) is 0 Å². The van der Waals surface area contributed by atoms with Gasteiger partial charge >= 0.3 is 0 Å². The van der Waals surface area contributed by atoms with Crippen LogP contribution < -0.4 is 11.5 Å². The number of carbonyl (C=O) groups is 1. The van der Waals surface area contributed by atoms with Crippen molar-refractivity contribution in [2.75, 3.05) is 6.54 Å². The standard InChI is InChI=1S/C12H13FN4O/c13-10-3-1-2-8(4-10)11(5-14)17-7-9(6-16-17)12(15)18/h1-4,6-7,11H,5,14H2,(H2,15,18). The Labute approximate surface area is 103 Å². The molecule has 2 rings (SSSR count). The lowest BCUT2D eigenvalue weighted by Crippen LogP contribution is -2.21. The van der Waals surface area contributed by atoms with Gasteiger partial charge < -0.3 is 11.5 Å². The molecule has 1 aromatic carbocycles. The van der Waals surface area contributed by atoms with Crippen LogP contribution in [0, 0.1) is 5.82 Å². The molecular weight excluding hydrogens is 235 g/mol. The van der Waals surface area contributed by atoms with E-state index in [1.165, 1.54) is 29.2 Å². The summed E-state index contributed by atoms with van der Waals surface area (Å²) >= 11 is 0. The van der Waals surface area contributed by atoms with E-state index in [1.807, 2.05) is 0 Å². The third-order valence-corrected chi connectivity index (χ3v) is 2.66. The van der Waals surface area contributed by atoms with Crippen LogP contribution in [0.3, 0.4) is 0 Å². The van der Waals surface area contributed by atoms with Crippen LogP contribution >= 0.6 is 0 Å². The van der Waals surface area contributed by atoms with Crippen LogP contribution in [0.1, 0.15) is 22.0 Å². The van der Waals surface area contributed by atoms with Crippen LogP contribution in [0.4, 0.5) is 4.39 Å². The average molecular weight is 248 g/mol. The summed E-state index contributed by atoms with van der Waals surface area (Å²) in [6.07, 6.45) is 2.87. The lowest BCUT2D eigenvalue weighted by Gasteiger charge is -2.15. The third kappa shape index (κ3) is 2.38. The summed E-state index contributed by atoms with van der Waals surface area (Å²) in [5.74, 6) is -0.899.